The van der Waals surface area contributed by atoms with Crippen molar-refractivity contribution < 1.29 is 14.3 Å². The standard InChI is InChI=1S/C15H15FN2O2/c1-10-3-2-4-14(18-10)15(20)17-8-11-5-6-13(16)12(7-11)9-19/h2-7,19H,8-9H2,1H3,(H,17,20). The molecule has 0 fully saturated rings. The SMILES string of the molecule is Cc1cccc(C(=O)NCc2ccc(F)c(CO)c2)n1. The zero-order valence-electron chi connectivity index (χ0n) is 11.1. The normalized spacial score (nSPS) is 10.3. The van der Waals surface area contributed by atoms with Crippen LogP contribution in [0.3, 0.4) is 0 Å². The number of halogens is 1. The van der Waals surface area contributed by atoms with Crippen LogP contribution in [0, 0.1) is 12.7 Å². The maximum absolute atomic E-state index is 13.2. The summed E-state index contributed by atoms with van der Waals surface area (Å²) in [5.41, 5.74) is 2.04. The number of rotatable bonds is 4. The number of benzene rings is 1. The van der Waals surface area contributed by atoms with E-state index in [4.69, 9.17) is 5.11 Å². The van der Waals surface area contributed by atoms with E-state index in [9.17, 15) is 9.18 Å². The molecule has 2 N–H and O–H groups in total. The molecule has 0 unspecified atom stereocenters. The summed E-state index contributed by atoms with van der Waals surface area (Å²) in [5.74, 6) is -0.744. The van der Waals surface area contributed by atoms with Crippen molar-refractivity contribution in [3.63, 3.8) is 0 Å². The molecule has 20 heavy (non-hydrogen) atoms. The molecule has 1 aromatic carbocycles. The Labute approximate surface area is 116 Å². The number of carbonyl (C=O) groups is 1. The van der Waals surface area contributed by atoms with Crippen LogP contribution in [0.5, 0.6) is 0 Å². The number of aliphatic hydroxyl groups excluding tert-OH is 1. The van der Waals surface area contributed by atoms with Crippen LogP contribution in [-0.4, -0.2) is 16.0 Å². The van der Waals surface area contributed by atoms with Crippen LogP contribution in [0.1, 0.15) is 27.3 Å². The average molecular weight is 274 g/mol. The molecular weight excluding hydrogens is 259 g/mol. The van der Waals surface area contributed by atoms with Gasteiger partial charge < -0.3 is 10.4 Å². The largest absolute Gasteiger partial charge is 0.392 e. The van der Waals surface area contributed by atoms with Gasteiger partial charge in [0.15, 0.2) is 0 Å². The van der Waals surface area contributed by atoms with Crippen molar-refractivity contribution in [2.45, 2.75) is 20.1 Å². The van der Waals surface area contributed by atoms with Crippen molar-refractivity contribution in [2.24, 2.45) is 0 Å². The Hall–Kier alpha value is -2.27. The minimum Gasteiger partial charge on any atom is -0.392 e. The van der Waals surface area contributed by atoms with Crippen molar-refractivity contribution in [3.05, 3.63) is 64.7 Å². The van der Waals surface area contributed by atoms with Gasteiger partial charge in [-0.1, -0.05) is 12.1 Å². The van der Waals surface area contributed by atoms with E-state index in [1.54, 1.807) is 18.2 Å². The molecule has 2 aromatic rings. The number of amides is 1. The molecule has 0 saturated heterocycles. The van der Waals surface area contributed by atoms with Gasteiger partial charge in [0.1, 0.15) is 11.5 Å². The van der Waals surface area contributed by atoms with Gasteiger partial charge >= 0.3 is 0 Å². The Morgan fingerprint density at radius 2 is 2.15 bits per heavy atom. The number of aromatic nitrogens is 1. The monoisotopic (exact) mass is 274 g/mol. The van der Waals surface area contributed by atoms with Crippen LogP contribution in [0.2, 0.25) is 0 Å². The van der Waals surface area contributed by atoms with Crippen LogP contribution in [-0.2, 0) is 13.2 Å². The van der Waals surface area contributed by atoms with Gasteiger partial charge in [0.05, 0.1) is 6.61 Å². The predicted molar refractivity (Wildman–Crippen MR) is 72.5 cm³/mol. The second kappa shape index (κ2) is 6.25. The van der Waals surface area contributed by atoms with Gasteiger partial charge in [-0.2, -0.15) is 0 Å². The lowest BCUT2D eigenvalue weighted by Crippen LogP contribution is -2.24. The topological polar surface area (TPSA) is 62.2 Å². The number of hydrogen-bond donors (Lipinski definition) is 2. The third-order valence-electron chi connectivity index (χ3n) is 2.85. The van der Waals surface area contributed by atoms with Gasteiger partial charge in [-0.3, -0.25) is 4.79 Å². The molecule has 5 heteroatoms. The summed E-state index contributed by atoms with van der Waals surface area (Å²) in [6.45, 7) is 1.69. The molecule has 1 amide bonds. The minimum absolute atomic E-state index is 0.213. The van der Waals surface area contributed by atoms with E-state index in [0.717, 1.165) is 11.3 Å². The summed E-state index contributed by atoms with van der Waals surface area (Å²) < 4.78 is 13.2. The number of nitrogens with one attached hydrogen (secondary N) is 1. The zero-order valence-corrected chi connectivity index (χ0v) is 11.1. The number of nitrogens with zero attached hydrogens (tertiary/aromatic N) is 1. The molecule has 104 valence electrons. The summed E-state index contributed by atoms with van der Waals surface area (Å²) in [5, 5.41) is 11.7. The summed E-state index contributed by atoms with van der Waals surface area (Å²) in [6.07, 6.45) is 0. The van der Waals surface area contributed by atoms with Gasteiger partial charge in [0.2, 0.25) is 0 Å². The summed E-state index contributed by atoms with van der Waals surface area (Å²) in [6, 6.07) is 9.57. The first kappa shape index (κ1) is 14.1. The first-order valence-electron chi connectivity index (χ1n) is 6.20. The first-order valence-corrected chi connectivity index (χ1v) is 6.20. The summed E-state index contributed by atoms with van der Waals surface area (Å²) in [4.78, 5) is 16.0. The highest BCUT2D eigenvalue weighted by Crippen LogP contribution is 2.10. The summed E-state index contributed by atoms with van der Waals surface area (Å²) >= 11 is 0. The van der Waals surface area contributed by atoms with Crippen LogP contribution in [0.25, 0.3) is 0 Å². The maximum Gasteiger partial charge on any atom is 0.270 e. The van der Waals surface area contributed by atoms with Crippen LogP contribution in [0.4, 0.5) is 4.39 Å². The molecule has 0 aliphatic carbocycles. The van der Waals surface area contributed by atoms with Crippen LogP contribution in [0.15, 0.2) is 36.4 Å². The predicted octanol–water partition coefficient (Wildman–Crippen LogP) is 1.95. The smallest absolute Gasteiger partial charge is 0.270 e. The van der Waals surface area contributed by atoms with Gasteiger partial charge in [0.25, 0.3) is 5.91 Å². The third-order valence-corrected chi connectivity index (χ3v) is 2.85. The molecule has 0 bridgehead atoms. The third kappa shape index (κ3) is 3.39. The molecule has 0 aliphatic heterocycles. The Morgan fingerprint density at radius 3 is 2.85 bits per heavy atom. The van der Waals surface area contributed by atoms with Crippen molar-refractivity contribution in [1.82, 2.24) is 10.3 Å². The van der Waals surface area contributed by atoms with Crippen molar-refractivity contribution in [2.75, 3.05) is 0 Å². The van der Waals surface area contributed by atoms with Crippen molar-refractivity contribution >= 4 is 5.91 Å². The molecular formula is C15H15FN2O2. The molecule has 0 spiro atoms. The zero-order chi connectivity index (χ0) is 14.5. The second-order valence-electron chi connectivity index (χ2n) is 4.43. The average Bonchev–Trinajstić information content (AvgIpc) is 2.46. The second-order valence-corrected chi connectivity index (χ2v) is 4.43. The highest BCUT2D eigenvalue weighted by atomic mass is 19.1. The van der Waals surface area contributed by atoms with Crippen molar-refractivity contribution in [1.29, 1.82) is 0 Å². The molecule has 4 nitrogen and oxygen atoms in total. The fraction of sp³-hybridized carbons (Fsp3) is 0.200. The minimum atomic E-state index is -0.456. The number of carbonyl (C=O) groups excluding carboxylic acids is 1. The number of aliphatic hydroxyl groups is 1. The fourth-order valence-corrected chi connectivity index (χ4v) is 1.80. The van der Waals surface area contributed by atoms with E-state index >= 15 is 0 Å². The number of pyridine rings is 1. The number of hydrogen-bond acceptors (Lipinski definition) is 3. The van der Waals surface area contributed by atoms with Gasteiger partial charge in [-0.15, -0.1) is 0 Å². The maximum atomic E-state index is 13.2. The fourth-order valence-electron chi connectivity index (χ4n) is 1.80. The Kier molecular flexibility index (Phi) is 4.42. The molecule has 2 rings (SSSR count). The lowest BCUT2D eigenvalue weighted by molar-refractivity contribution is 0.0945. The van der Waals surface area contributed by atoms with Crippen molar-refractivity contribution in [3.8, 4) is 0 Å². The number of aryl methyl sites for hydroxylation is 1. The Morgan fingerprint density at radius 1 is 1.35 bits per heavy atom. The van der Waals surface area contributed by atoms with Gasteiger partial charge in [0, 0.05) is 17.8 Å². The molecule has 0 atom stereocenters. The quantitative estimate of drug-likeness (QED) is 0.895. The highest BCUT2D eigenvalue weighted by Gasteiger charge is 2.08. The van der Waals surface area contributed by atoms with Crippen LogP contribution >= 0.6 is 0 Å². The molecule has 0 radical (unpaired) electrons. The van der Waals surface area contributed by atoms with Crippen LogP contribution < -0.4 is 5.32 Å². The van der Waals surface area contributed by atoms with E-state index < -0.39 is 5.82 Å². The van der Waals surface area contributed by atoms with Gasteiger partial charge in [-0.05, 0) is 36.8 Å². The molecule has 1 heterocycles. The first-order chi connectivity index (χ1) is 9.60. The summed E-state index contributed by atoms with van der Waals surface area (Å²) in [7, 11) is 0. The van der Waals surface area contributed by atoms with E-state index in [1.807, 2.05) is 13.0 Å². The Balaban J connectivity index is 2.03. The van der Waals surface area contributed by atoms with E-state index in [2.05, 4.69) is 10.3 Å². The van der Waals surface area contributed by atoms with Gasteiger partial charge in [-0.25, -0.2) is 9.37 Å². The van der Waals surface area contributed by atoms with E-state index in [1.165, 1.54) is 12.1 Å². The molecule has 0 saturated carbocycles. The lowest BCUT2D eigenvalue weighted by Gasteiger charge is -2.07. The van der Waals surface area contributed by atoms with E-state index in [-0.39, 0.29) is 24.6 Å². The molecule has 0 aliphatic rings. The molecule has 1 aromatic heterocycles. The highest BCUT2D eigenvalue weighted by molar-refractivity contribution is 5.92. The lowest BCUT2D eigenvalue weighted by atomic mass is 10.1. The van der Waals surface area contributed by atoms with E-state index in [0.29, 0.717) is 5.69 Å². The Bertz CT molecular complexity index is 629.